The number of benzene rings is 1. The summed E-state index contributed by atoms with van der Waals surface area (Å²) >= 11 is 5.33. The predicted molar refractivity (Wildman–Crippen MR) is 93.4 cm³/mol. The van der Waals surface area contributed by atoms with Gasteiger partial charge >= 0.3 is 0 Å². The molecule has 0 aliphatic rings. The molecule has 3 nitrogen and oxygen atoms in total. The van der Waals surface area contributed by atoms with Gasteiger partial charge in [0.2, 0.25) is 0 Å². The van der Waals surface area contributed by atoms with E-state index in [0.717, 1.165) is 34.8 Å². The van der Waals surface area contributed by atoms with Gasteiger partial charge in [0.15, 0.2) is 0 Å². The lowest BCUT2D eigenvalue weighted by molar-refractivity contribution is 0.315. The molecular formula is C16H22BrN3S. The van der Waals surface area contributed by atoms with Crippen LogP contribution in [0.1, 0.15) is 30.1 Å². The number of thiazole rings is 1. The highest BCUT2D eigenvalue weighted by Gasteiger charge is 2.08. The second kappa shape index (κ2) is 8.03. The minimum atomic E-state index is 0.496. The molecular weight excluding hydrogens is 346 g/mol. The van der Waals surface area contributed by atoms with Gasteiger partial charge in [0.05, 0.1) is 5.69 Å². The zero-order chi connectivity index (χ0) is 15.2. The summed E-state index contributed by atoms with van der Waals surface area (Å²) in [5.41, 5.74) is 2.45. The molecule has 0 aliphatic heterocycles. The van der Waals surface area contributed by atoms with Crippen LogP contribution < -0.4 is 5.32 Å². The summed E-state index contributed by atoms with van der Waals surface area (Å²) in [5.74, 6) is 0. The minimum Gasteiger partial charge on any atom is -0.308 e. The van der Waals surface area contributed by atoms with Crippen molar-refractivity contribution in [2.45, 2.75) is 39.5 Å². The first-order valence-corrected chi connectivity index (χ1v) is 8.80. The monoisotopic (exact) mass is 367 g/mol. The molecule has 1 N–H and O–H groups in total. The first kappa shape index (κ1) is 16.6. The highest BCUT2D eigenvalue weighted by atomic mass is 79.9. The normalized spacial score (nSPS) is 11.5. The summed E-state index contributed by atoms with van der Waals surface area (Å²) in [6.45, 7) is 6.95. The number of aromatic nitrogens is 1. The average Bonchev–Trinajstić information content (AvgIpc) is 2.86. The first-order valence-electron chi connectivity index (χ1n) is 7.13. The van der Waals surface area contributed by atoms with Crippen LogP contribution in [-0.4, -0.2) is 23.0 Å². The van der Waals surface area contributed by atoms with E-state index in [-0.39, 0.29) is 0 Å². The zero-order valence-corrected chi connectivity index (χ0v) is 15.2. The van der Waals surface area contributed by atoms with Gasteiger partial charge in [0.1, 0.15) is 5.01 Å². The molecule has 21 heavy (non-hydrogen) atoms. The Balaban J connectivity index is 1.88. The van der Waals surface area contributed by atoms with Gasteiger partial charge in [0.25, 0.3) is 0 Å². The van der Waals surface area contributed by atoms with Gasteiger partial charge < -0.3 is 5.32 Å². The molecule has 1 heterocycles. The fourth-order valence-electron chi connectivity index (χ4n) is 2.04. The third-order valence-electron chi connectivity index (χ3n) is 3.09. The number of nitrogens with zero attached hydrogens (tertiary/aromatic N) is 2. The van der Waals surface area contributed by atoms with Crippen molar-refractivity contribution in [2.75, 3.05) is 7.05 Å². The molecule has 0 amide bonds. The van der Waals surface area contributed by atoms with Crippen LogP contribution in [0.5, 0.6) is 0 Å². The van der Waals surface area contributed by atoms with E-state index in [9.17, 15) is 0 Å². The zero-order valence-electron chi connectivity index (χ0n) is 12.8. The Labute approximate surface area is 139 Å². The second-order valence-corrected chi connectivity index (χ2v) is 7.33. The van der Waals surface area contributed by atoms with Crippen LogP contribution in [0.25, 0.3) is 0 Å². The topological polar surface area (TPSA) is 28.2 Å². The second-order valence-electron chi connectivity index (χ2n) is 5.53. The standard InChI is InChI=1S/C16H22BrN3S/c1-12(2)18-8-16-19-14(11-21-16)10-20(3)9-13-6-4-5-7-15(13)17/h4-7,11-12,18H,8-10H2,1-3H3. The lowest BCUT2D eigenvalue weighted by atomic mass is 10.2. The van der Waals surface area contributed by atoms with Crippen molar-refractivity contribution in [1.82, 2.24) is 15.2 Å². The molecule has 2 rings (SSSR count). The SMILES string of the molecule is CC(C)NCc1nc(CN(C)Cc2ccccc2Br)cs1. The number of rotatable bonds is 7. The van der Waals surface area contributed by atoms with Gasteiger partial charge in [-0.3, -0.25) is 4.90 Å². The molecule has 5 heteroatoms. The van der Waals surface area contributed by atoms with Gasteiger partial charge in [-0.05, 0) is 18.7 Å². The van der Waals surface area contributed by atoms with E-state index in [1.54, 1.807) is 11.3 Å². The quantitative estimate of drug-likeness (QED) is 0.800. The van der Waals surface area contributed by atoms with Crippen LogP contribution in [0.15, 0.2) is 34.1 Å². The van der Waals surface area contributed by atoms with Crippen molar-refractivity contribution in [3.8, 4) is 0 Å². The van der Waals surface area contributed by atoms with E-state index in [2.05, 4.69) is 75.6 Å². The molecule has 0 unspecified atom stereocenters. The molecule has 114 valence electrons. The largest absolute Gasteiger partial charge is 0.308 e. The Morgan fingerprint density at radius 1 is 1.29 bits per heavy atom. The smallest absolute Gasteiger partial charge is 0.107 e. The Hall–Kier alpha value is -0.750. The summed E-state index contributed by atoms with van der Waals surface area (Å²) < 4.78 is 1.16. The van der Waals surface area contributed by atoms with Crippen LogP contribution in [0.4, 0.5) is 0 Å². The van der Waals surface area contributed by atoms with E-state index in [4.69, 9.17) is 0 Å². The maximum Gasteiger partial charge on any atom is 0.107 e. The van der Waals surface area contributed by atoms with Crippen molar-refractivity contribution < 1.29 is 0 Å². The van der Waals surface area contributed by atoms with Gasteiger partial charge in [-0.25, -0.2) is 4.98 Å². The molecule has 2 aromatic rings. The van der Waals surface area contributed by atoms with Gasteiger partial charge in [0, 0.05) is 35.5 Å². The number of nitrogens with one attached hydrogen (secondary N) is 1. The number of hydrogen-bond donors (Lipinski definition) is 1. The molecule has 0 fully saturated rings. The highest BCUT2D eigenvalue weighted by Crippen LogP contribution is 2.18. The van der Waals surface area contributed by atoms with Crippen LogP contribution in [0.2, 0.25) is 0 Å². The van der Waals surface area contributed by atoms with Crippen molar-refractivity contribution >= 4 is 27.3 Å². The van der Waals surface area contributed by atoms with E-state index >= 15 is 0 Å². The Bertz CT molecular complexity index is 568. The third kappa shape index (κ3) is 5.51. The molecule has 0 saturated carbocycles. The summed E-state index contributed by atoms with van der Waals surface area (Å²) in [7, 11) is 2.13. The fourth-order valence-corrected chi connectivity index (χ4v) is 3.19. The third-order valence-corrected chi connectivity index (χ3v) is 4.76. The summed E-state index contributed by atoms with van der Waals surface area (Å²) in [6, 6.07) is 8.85. The lowest BCUT2D eigenvalue weighted by Gasteiger charge is -2.16. The number of halogens is 1. The van der Waals surface area contributed by atoms with Crippen LogP contribution in [0, 0.1) is 0 Å². The molecule has 0 radical (unpaired) electrons. The molecule has 0 spiro atoms. The molecule has 1 aromatic heterocycles. The van der Waals surface area contributed by atoms with Gasteiger partial charge in [-0.1, -0.05) is 48.0 Å². The summed E-state index contributed by atoms with van der Waals surface area (Å²) in [6.07, 6.45) is 0. The van der Waals surface area contributed by atoms with E-state index in [1.165, 1.54) is 5.56 Å². The predicted octanol–water partition coefficient (Wildman–Crippen LogP) is 4.04. The Kier molecular flexibility index (Phi) is 6.36. The molecule has 0 aliphatic carbocycles. The maximum atomic E-state index is 4.69. The molecule has 1 aromatic carbocycles. The maximum absolute atomic E-state index is 4.69. The van der Waals surface area contributed by atoms with Crippen molar-refractivity contribution in [1.29, 1.82) is 0 Å². The molecule has 0 atom stereocenters. The Morgan fingerprint density at radius 3 is 2.76 bits per heavy atom. The summed E-state index contributed by atoms with van der Waals surface area (Å²) in [5, 5.41) is 6.72. The Morgan fingerprint density at radius 2 is 2.05 bits per heavy atom. The summed E-state index contributed by atoms with van der Waals surface area (Å²) in [4.78, 5) is 6.98. The van der Waals surface area contributed by atoms with Gasteiger partial charge in [-0.2, -0.15) is 0 Å². The van der Waals surface area contributed by atoms with Crippen LogP contribution in [0.3, 0.4) is 0 Å². The van der Waals surface area contributed by atoms with E-state index < -0.39 is 0 Å². The molecule has 0 saturated heterocycles. The van der Waals surface area contributed by atoms with E-state index in [0.29, 0.717) is 6.04 Å². The van der Waals surface area contributed by atoms with Crippen LogP contribution in [-0.2, 0) is 19.6 Å². The van der Waals surface area contributed by atoms with E-state index in [1.807, 2.05) is 6.07 Å². The average molecular weight is 368 g/mol. The first-order chi connectivity index (χ1) is 10.0. The van der Waals surface area contributed by atoms with Crippen molar-refractivity contribution in [3.63, 3.8) is 0 Å². The van der Waals surface area contributed by atoms with Gasteiger partial charge in [-0.15, -0.1) is 11.3 Å². The van der Waals surface area contributed by atoms with Crippen LogP contribution >= 0.6 is 27.3 Å². The lowest BCUT2D eigenvalue weighted by Crippen LogP contribution is -2.22. The highest BCUT2D eigenvalue weighted by molar-refractivity contribution is 9.10. The minimum absolute atomic E-state index is 0.496. The molecule has 0 bridgehead atoms. The van der Waals surface area contributed by atoms with Crippen molar-refractivity contribution in [2.24, 2.45) is 0 Å². The van der Waals surface area contributed by atoms with Crippen molar-refractivity contribution in [3.05, 3.63) is 50.4 Å². The number of hydrogen-bond acceptors (Lipinski definition) is 4. The fraction of sp³-hybridized carbons (Fsp3) is 0.438.